The number of sulfonamides is 1. The van der Waals surface area contributed by atoms with E-state index in [1.54, 1.807) is 48.5 Å². The zero-order valence-corrected chi connectivity index (χ0v) is 17.7. The minimum Gasteiger partial charge on any atom is -0.489 e. The fourth-order valence-corrected chi connectivity index (χ4v) is 4.17. The first kappa shape index (κ1) is 20.7. The summed E-state index contributed by atoms with van der Waals surface area (Å²) in [4.78, 5) is 12.8. The van der Waals surface area contributed by atoms with E-state index in [0.717, 1.165) is 11.8 Å². The number of carbonyl (C=O) groups is 1. The molecule has 1 heterocycles. The predicted octanol–water partition coefficient (Wildman–Crippen LogP) is 3.43. The second kappa shape index (κ2) is 8.69. The van der Waals surface area contributed by atoms with Crippen molar-refractivity contribution in [2.24, 2.45) is 0 Å². The van der Waals surface area contributed by atoms with Crippen molar-refractivity contribution < 1.29 is 22.7 Å². The molecule has 1 amide bonds. The Hall–Kier alpha value is -3.52. The summed E-state index contributed by atoms with van der Waals surface area (Å²) in [5.74, 6) is 0.595. The summed E-state index contributed by atoms with van der Waals surface area (Å²) in [6, 6.07) is 23.5. The molecular formula is C23H22N2O5S. The van der Waals surface area contributed by atoms with Gasteiger partial charge in [-0.15, -0.1) is 0 Å². The van der Waals surface area contributed by atoms with Crippen molar-refractivity contribution in [1.82, 2.24) is 0 Å². The van der Waals surface area contributed by atoms with Gasteiger partial charge in [0.15, 0.2) is 6.10 Å². The van der Waals surface area contributed by atoms with Gasteiger partial charge >= 0.3 is 0 Å². The molecule has 1 aliphatic rings. The van der Waals surface area contributed by atoms with Gasteiger partial charge in [0, 0.05) is 5.69 Å². The zero-order valence-electron chi connectivity index (χ0n) is 16.9. The van der Waals surface area contributed by atoms with Gasteiger partial charge in [0.1, 0.15) is 18.1 Å². The lowest BCUT2D eigenvalue weighted by Gasteiger charge is -2.33. The summed E-state index contributed by atoms with van der Waals surface area (Å²) >= 11 is 0. The number of rotatable bonds is 6. The van der Waals surface area contributed by atoms with Gasteiger partial charge in [-0.1, -0.05) is 42.5 Å². The summed E-state index contributed by atoms with van der Waals surface area (Å²) < 4.78 is 37.1. The second-order valence-electron chi connectivity index (χ2n) is 7.16. The van der Waals surface area contributed by atoms with E-state index in [-0.39, 0.29) is 6.54 Å². The van der Waals surface area contributed by atoms with Crippen LogP contribution in [0.3, 0.4) is 0 Å². The number of nitrogens with one attached hydrogen (secondary N) is 1. The van der Waals surface area contributed by atoms with Gasteiger partial charge in [0.05, 0.1) is 18.5 Å². The van der Waals surface area contributed by atoms with E-state index in [2.05, 4.69) is 5.32 Å². The molecule has 0 aliphatic carbocycles. The predicted molar refractivity (Wildman–Crippen MR) is 119 cm³/mol. The van der Waals surface area contributed by atoms with Gasteiger partial charge in [0.25, 0.3) is 5.91 Å². The van der Waals surface area contributed by atoms with Gasteiger partial charge in [-0.25, -0.2) is 8.42 Å². The number of carbonyl (C=O) groups excluding carboxylic acids is 1. The van der Waals surface area contributed by atoms with Crippen LogP contribution in [0.4, 0.5) is 11.4 Å². The van der Waals surface area contributed by atoms with E-state index in [0.29, 0.717) is 29.5 Å². The molecule has 160 valence electrons. The van der Waals surface area contributed by atoms with E-state index >= 15 is 0 Å². The van der Waals surface area contributed by atoms with Crippen molar-refractivity contribution in [2.45, 2.75) is 12.7 Å². The molecule has 0 saturated heterocycles. The fourth-order valence-electron chi connectivity index (χ4n) is 3.25. The SMILES string of the molecule is CS(=O)(=O)N1C[C@@H](C(=O)Nc2ccc(OCc3ccccc3)cc2)Oc2ccccc21. The molecule has 0 saturated carbocycles. The lowest BCUT2D eigenvalue weighted by molar-refractivity contribution is -0.122. The molecule has 0 radical (unpaired) electrons. The zero-order chi connectivity index (χ0) is 21.8. The largest absolute Gasteiger partial charge is 0.489 e. The highest BCUT2D eigenvalue weighted by molar-refractivity contribution is 7.92. The minimum atomic E-state index is -3.56. The molecule has 3 aromatic carbocycles. The molecule has 3 aromatic rings. The Morgan fingerprint density at radius 3 is 2.42 bits per heavy atom. The van der Waals surface area contributed by atoms with Gasteiger partial charge < -0.3 is 14.8 Å². The molecule has 0 fully saturated rings. The lowest BCUT2D eigenvalue weighted by Crippen LogP contribution is -2.48. The quantitative estimate of drug-likeness (QED) is 0.637. The summed E-state index contributed by atoms with van der Waals surface area (Å²) in [6.07, 6.45) is 0.136. The van der Waals surface area contributed by atoms with Crippen LogP contribution in [0, 0.1) is 0 Å². The molecule has 7 nitrogen and oxygen atoms in total. The number of fused-ring (bicyclic) bond motifs is 1. The molecule has 31 heavy (non-hydrogen) atoms. The molecule has 0 unspecified atom stereocenters. The molecule has 4 rings (SSSR count). The highest BCUT2D eigenvalue weighted by Crippen LogP contribution is 2.34. The second-order valence-corrected chi connectivity index (χ2v) is 9.06. The van der Waals surface area contributed by atoms with Crippen molar-refractivity contribution in [1.29, 1.82) is 0 Å². The van der Waals surface area contributed by atoms with Crippen LogP contribution in [0.5, 0.6) is 11.5 Å². The van der Waals surface area contributed by atoms with Crippen LogP contribution in [0.1, 0.15) is 5.56 Å². The van der Waals surface area contributed by atoms with Crippen molar-refractivity contribution >= 4 is 27.3 Å². The molecule has 1 N–H and O–H groups in total. The third kappa shape index (κ3) is 4.97. The number of anilines is 2. The van der Waals surface area contributed by atoms with Crippen LogP contribution in [0.2, 0.25) is 0 Å². The third-order valence-electron chi connectivity index (χ3n) is 4.80. The molecule has 0 aromatic heterocycles. The summed E-state index contributed by atoms with van der Waals surface area (Å²) in [5.41, 5.74) is 2.05. The number of hydrogen-bond acceptors (Lipinski definition) is 5. The summed E-state index contributed by atoms with van der Waals surface area (Å²) in [5, 5.41) is 2.77. The van der Waals surface area contributed by atoms with Gasteiger partial charge in [0.2, 0.25) is 10.0 Å². The maximum atomic E-state index is 12.8. The van der Waals surface area contributed by atoms with E-state index < -0.39 is 22.0 Å². The third-order valence-corrected chi connectivity index (χ3v) is 5.94. The molecule has 1 aliphatic heterocycles. The normalized spacial score (nSPS) is 15.5. The number of amides is 1. The molecular weight excluding hydrogens is 416 g/mol. The minimum absolute atomic E-state index is 0.0973. The highest BCUT2D eigenvalue weighted by Gasteiger charge is 2.34. The summed E-state index contributed by atoms with van der Waals surface area (Å²) in [7, 11) is -3.56. The van der Waals surface area contributed by atoms with Crippen LogP contribution in [-0.4, -0.2) is 33.2 Å². The molecule has 0 spiro atoms. The van der Waals surface area contributed by atoms with Gasteiger partial charge in [-0.3, -0.25) is 9.10 Å². The van der Waals surface area contributed by atoms with Crippen molar-refractivity contribution in [3.05, 3.63) is 84.4 Å². The number of para-hydroxylation sites is 2. The monoisotopic (exact) mass is 438 g/mol. The van der Waals surface area contributed by atoms with Crippen molar-refractivity contribution in [2.75, 3.05) is 22.4 Å². The number of hydrogen-bond donors (Lipinski definition) is 1. The fraction of sp³-hybridized carbons (Fsp3) is 0.174. The Kier molecular flexibility index (Phi) is 5.81. The molecule has 8 heteroatoms. The number of ether oxygens (including phenoxy) is 2. The Morgan fingerprint density at radius 1 is 1.03 bits per heavy atom. The average molecular weight is 439 g/mol. The van der Waals surface area contributed by atoms with Gasteiger partial charge in [-0.05, 0) is 42.0 Å². The van der Waals surface area contributed by atoms with Gasteiger partial charge in [-0.2, -0.15) is 0 Å². The van der Waals surface area contributed by atoms with E-state index in [1.807, 2.05) is 30.3 Å². The summed E-state index contributed by atoms with van der Waals surface area (Å²) in [6.45, 7) is 0.350. The molecule has 1 atom stereocenters. The lowest BCUT2D eigenvalue weighted by atomic mass is 10.2. The smallest absolute Gasteiger partial charge is 0.267 e. The van der Waals surface area contributed by atoms with Crippen LogP contribution in [0.15, 0.2) is 78.9 Å². The van der Waals surface area contributed by atoms with E-state index in [9.17, 15) is 13.2 Å². The first-order chi connectivity index (χ1) is 14.9. The molecule has 0 bridgehead atoms. The van der Waals surface area contributed by atoms with Crippen molar-refractivity contribution in [3.8, 4) is 11.5 Å². The maximum absolute atomic E-state index is 12.8. The Balaban J connectivity index is 1.41. The standard InChI is InChI=1S/C23H22N2O5S/c1-31(27,28)25-15-22(30-21-10-6-5-9-20(21)25)23(26)24-18-11-13-19(14-12-18)29-16-17-7-3-2-4-8-17/h2-14,22H,15-16H2,1H3,(H,24,26)/t22-/m0/s1. The van der Waals surface area contributed by atoms with E-state index in [1.165, 1.54) is 4.31 Å². The van der Waals surface area contributed by atoms with E-state index in [4.69, 9.17) is 9.47 Å². The van der Waals surface area contributed by atoms with Crippen LogP contribution >= 0.6 is 0 Å². The number of nitrogens with zero attached hydrogens (tertiary/aromatic N) is 1. The first-order valence-corrected chi connectivity index (χ1v) is 11.6. The average Bonchev–Trinajstić information content (AvgIpc) is 2.78. The topological polar surface area (TPSA) is 84.9 Å². The first-order valence-electron chi connectivity index (χ1n) is 9.71. The Morgan fingerprint density at radius 2 is 1.71 bits per heavy atom. The van der Waals surface area contributed by atoms with Crippen LogP contribution in [0.25, 0.3) is 0 Å². The van der Waals surface area contributed by atoms with Crippen molar-refractivity contribution in [3.63, 3.8) is 0 Å². The van der Waals surface area contributed by atoms with Crippen LogP contribution in [-0.2, 0) is 21.4 Å². The maximum Gasteiger partial charge on any atom is 0.267 e. The number of benzene rings is 3. The highest BCUT2D eigenvalue weighted by atomic mass is 32.2. The Bertz CT molecular complexity index is 1160. The Labute approximate surface area is 181 Å². The van der Waals surface area contributed by atoms with Crippen LogP contribution < -0.4 is 19.1 Å².